The van der Waals surface area contributed by atoms with Crippen molar-refractivity contribution >= 4 is 65.0 Å². The predicted octanol–water partition coefficient (Wildman–Crippen LogP) is 14.9. The fraction of sp³-hybridized carbons (Fsp3) is 0. The number of furan rings is 1. The number of hydrogen-bond acceptors (Lipinski definition) is 1. The van der Waals surface area contributed by atoms with Gasteiger partial charge < -0.3 is 4.42 Å². The molecular weight excluding hydrogens is 641 g/mol. The van der Waals surface area contributed by atoms with E-state index in [0.717, 1.165) is 60.4 Å². The van der Waals surface area contributed by atoms with Gasteiger partial charge in [-0.25, -0.2) is 0 Å². The predicted molar refractivity (Wildman–Crippen MR) is 225 cm³/mol. The molecule has 0 N–H and O–H groups in total. The van der Waals surface area contributed by atoms with Gasteiger partial charge in [0.2, 0.25) is 0 Å². The van der Waals surface area contributed by atoms with E-state index in [-0.39, 0.29) is 32.7 Å². The molecule has 0 aliphatic heterocycles. The zero-order valence-corrected chi connectivity index (χ0v) is 27.9. The number of benzene rings is 10. The van der Waals surface area contributed by atoms with Crippen LogP contribution in [0.1, 0.15) is 17.8 Å². The van der Waals surface area contributed by atoms with Crippen LogP contribution in [0.25, 0.3) is 110 Å². The van der Waals surface area contributed by atoms with E-state index < -0.39 is 84.1 Å². The lowest BCUT2D eigenvalue weighted by molar-refractivity contribution is 0.669. The van der Waals surface area contributed by atoms with Crippen LogP contribution in [0.3, 0.4) is 0 Å². The highest BCUT2D eigenvalue weighted by Gasteiger charge is 2.17. The molecule has 1 heteroatoms. The van der Waals surface area contributed by atoms with Gasteiger partial charge in [-0.05, 0) is 130 Å². The Hall–Kier alpha value is -6.96. The van der Waals surface area contributed by atoms with Crippen molar-refractivity contribution in [3.63, 3.8) is 0 Å². The van der Waals surface area contributed by atoms with E-state index in [1.165, 1.54) is 5.39 Å². The van der Waals surface area contributed by atoms with Gasteiger partial charge in [-0.1, -0.05) is 151 Å². The third kappa shape index (κ3) is 4.86. The van der Waals surface area contributed by atoms with Crippen LogP contribution in [0.15, 0.2) is 198 Å². The van der Waals surface area contributed by atoms with Crippen LogP contribution in [-0.2, 0) is 0 Å². The quantitative estimate of drug-likeness (QED) is 0.168. The third-order valence-corrected chi connectivity index (χ3v) is 10.1. The van der Waals surface area contributed by atoms with E-state index in [0.29, 0.717) is 5.56 Å². The zero-order valence-electron chi connectivity index (χ0n) is 40.9. The van der Waals surface area contributed by atoms with Crippen LogP contribution in [0.4, 0.5) is 0 Å². The van der Waals surface area contributed by atoms with Gasteiger partial charge in [0, 0.05) is 10.8 Å². The van der Waals surface area contributed by atoms with Crippen LogP contribution in [0, 0.1) is 0 Å². The summed E-state index contributed by atoms with van der Waals surface area (Å²) in [6.45, 7) is 0. The van der Waals surface area contributed by atoms with Gasteiger partial charge in [-0.15, -0.1) is 0 Å². The van der Waals surface area contributed by atoms with Crippen molar-refractivity contribution in [1.29, 1.82) is 0 Å². The van der Waals surface area contributed by atoms with Gasteiger partial charge >= 0.3 is 0 Å². The summed E-state index contributed by atoms with van der Waals surface area (Å²) in [5.41, 5.74) is 5.26. The molecule has 1 heterocycles. The Bertz CT molecular complexity index is 3880. The number of hydrogen-bond donors (Lipinski definition) is 0. The average molecular weight is 686 g/mol. The van der Waals surface area contributed by atoms with Crippen LogP contribution in [0.5, 0.6) is 0 Å². The molecule has 0 radical (unpaired) electrons. The normalized spacial score (nSPS) is 15.2. The maximum Gasteiger partial charge on any atom is 0.135 e. The SMILES string of the molecule is [2H]c1c([2H])c([2H])c(-c2c3c([2H])c([2H])c([2H])c([2H])c3c(-c3ccc4cc(-c5ccc6oc7ccc(-c8ccc9ccccc9c8)cc7c6c5)ccc4c3)c3c([2H])c([2H])c([2H])c([2H])c23)c([2H])c1[2H]. The lowest BCUT2D eigenvalue weighted by Crippen LogP contribution is -1.90. The summed E-state index contributed by atoms with van der Waals surface area (Å²) in [5, 5.41) is 5.08. The van der Waals surface area contributed by atoms with E-state index in [1.807, 2.05) is 54.6 Å². The fourth-order valence-corrected chi connectivity index (χ4v) is 7.62. The maximum absolute atomic E-state index is 9.28. The molecule has 0 aliphatic rings. The summed E-state index contributed by atoms with van der Waals surface area (Å²) in [4.78, 5) is 0. The molecule has 11 aromatic rings. The lowest BCUT2D eigenvalue weighted by atomic mass is 9.85. The third-order valence-electron chi connectivity index (χ3n) is 10.1. The van der Waals surface area contributed by atoms with Crippen molar-refractivity contribution in [3.8, 4) is 44.5 Å². The standard InChI is InChI=1S/C52H32O/c1-2-11-34(12-3-1)51-43-14-6-8-16-45(43)52(46-17-9-7-15-44(46)51)42-23-22-36-29-38(20-21-39(36)30-42)41-25-27-50-48(32-41)47-31-40(24-26-49(47)53-50)37-19-18-33-10-4-5-13-35(33)28-37/h1-32H/i1D,2D,3D,6D,7D,8D,9D,11D,12D,14D,15D,16D,17D. The van der Waals surface area contributed by atoms with Crippen molar-refractivity contribution in [2.24, 2.45) is 0 Å². The lowest BCUT2D eigenvalue weighted by Gasteiger charge is -2.18. The molecule has 10 aromatic carbocycles. The summed E-state index contributed by atoms with van der Waals surface area (Å²) in [6, 6.07) is 30.0. The van der Waals surface area contributed by atoms with E-state index in [4.69, 9.17) is 16.8 Å². The molecule has 1 aromatic heterocycles. The molecule has 0 fully saturated rings. The largest absolute Gasteiger partial charge is 0.456 e. The van der Waals surface area contributed by atoms with Crippen LogP contribution >= 0.6 is 0 Å². The fourth-order valence-electron chi connectivity index (χ4n) is 7.62. The van der Waals surface area contributed by atoms with Gasteiger partial charge in [0.05, 0.1) is 17.8 Å². The van der Waals surface area contributed by atoms with Gasteiger partial charge in [0.15, 0.2) is 0 Å². The van der Waals surface area contributed by atoms with E-state index in [1.54, 1.807) is 12.1 Å². The van der Waals surface area contributed by atoms with Crippen molar-refractivity contribution in [2.45, 2.75) is 0 Å². The highest BCUT2D eigenvalue weighted by Crippen LogP contribution is 2.44. The first-order chi connectivity index (χ1) is 31.6. The molecule has 0 atom stereocenters. The molecule has 246 valence electrons. The average Bonchev–Trinajstić information content (AvgIpc) is 3.71. The Balaban J connectivity index is 1.11. The first-order valence-electron chi connectivity index (χ1n) is 23.7. The van der Waals surface area contributed by atoms with Crippen molar-refractivity contribution in [3.05, 3.63) is 194 Å². The molecule has 0 spiro atoms. The van der Waals surface area contributed by atoms with Crippen molar-refractivity contribution < 1.29 is 22.2 Å². The van der Waals surface area contributed by atoms with Crippen molar-refractivity contribution in [1.82, 2.24) is 0 Å². The molecule has 53 heavy (non-hydrogen) atoms. The monoisotopic (exact) mass is 685 g/mol. The molecule has 0 unspecified atom stereocenters. The Labute approximate surface area is 325 Å². The molecule has 1 nitrogen and oxygen atoms in total. The summed E-state index contributed by atoms with van der Waals surface area (Å²) >= 11 is 0. The van der Waals surface area contributed by atoms with Crippen LogP contribution in [0.2, 0.25) is 0 Å². The van der Waals surface area contributed by atoms with Crippen LogP contribution < -0.4 is 0 Å². The Morgan fingerprint density at radius 2 is 0.698 bits per heavy atom. The maximum atomic E-state index is 9.28. The minimum absolute atomic E-state index is 0.0847. The minimum atomic E-state index is -0.712. The molecule has 0 saturated carbocycles. The van der Waals surface area contributed by atoms with Gasteiger partial charge in [-0.2, -0.15) is 0 Å². The second-order valence-electron chi connectivity index (χ2n) is 13.1. The Morgan fingerprint density at radius 3 is 1.26 bits per heavy atom. The minimum Gasteiger partial charge on any atom is -0.456 e. The van der Waals surface area contributed by atoms with Crippen LogP contribution in [-0.4, -0.2) is 0 Å². The van der Waals surface area contributed by atoms with Gasteiger partial charge in [0.1, 0.15) is 11.2 Å². The second-order valence-corrected chi connectivity index (χ2v) is 13.1. The second kappa shape index (κ2) is 11.8. The Morgan fingerprint density at radius 1 is 0.302 bits per heavy atom. The molecule has 0 amide bonds. The van der Waals surface area contributed by atoms with E-state index >= 15 is 0 Å². The summed E-state index contributed by atoms with van der Waals surface area (Å²) in [5.74, 6) is 0. The first-order valence-corrected chi connectivity index (χ1v) is 17.2. The molecular formula is C52H32O. The highest BCUT2D eigenvalue weighted by molar-refractivity contribution is 6.21. The zero-order chi connectivity index (χ0) is 46.2. The van der Waals surface area contributed by atoms with Gasteiger partial charge in [-0.3, -0.25) is 0 Å². The molecule has 0 saturated heterocycles. The first kappa shape index (κ1) is 19.6. The number of fused-ring (bicyclic) bond motifs is 7. The molecule has 11 rings (SSSR count). The molecule has 0 aliphatic carbocycles. The smallest absolute Gasteiger partial charge is 0.135 e. The summed E-state index contributed by atoms with van der Waals surface area (Å²) in [6.07, 6.45) is 0. The number of rotatable bonds is 4. The molecule has 0 bridgehead atoms. The highest BCUT2D eigenvalue weighted by atomic mass is 16.3. The topological polar surface area (TPSA) is 13.1 Å². The van der Waals surface area contributed by atoms with Crippen molar-refractivity contribution in [2.75, 3.05) is 0 Å². The van der Waals surface area contributed by atoms with E-state index in [9.17, 15) is 5.48 Å². The Kier molecular flexibility index (Phi) is 4.36. The summed E-state index contributed by atoms with van der Waals surface area (Å²) < 4.78 is 121. The van der Waals surface area contributed by atoms with Gasteiger partial charge in [0.25, 0.3) is 0 Å². The van der Waals surface area contributed by atoms with E-state index in [2.05, 4.69) is 48.5 Å². The summed E-state index contributed by atoms with van der Waals surface area (Å²) in [7, 11) is 0.